The lowest BCUT2D eigenvalue weighted by molar-refractivity contribution is 0.304. The minimum Gasteiger partial charge on any atom is -0.489 e. The number of rotatable bonds is 4. The van der Waals surface area contributed by atoms with Gasteiger partial charge in [0.2, 0.25) is 0 Å². The fourth-order valence-corrected chi connectivity index (χ4v) is 1.74. The molecule has 0 spiro atoms. The number of ether oxygens (including phenoxy) is 1. The van der Waals surface area contributed by atoms with Crippen LogP contribution < -0.4 is 10.5 Å². The average molecular weight is 227 g/mol. The highest BCUT2D eigenvalue weighted by Crippen LogP contribution is 2.20. The maximum atomic E-state index is 5.78. The van der Waals surface area contributed by atoms with Gasteiger partial charge in [-0.05, 0) is 29.7 Å². The maximum absolute atomic E-state index is 5.78. The van der Waals surface area contributed by atoms with Gasteiger partial charge in [-0.15, -0.1) is 0 Å². The molecule has 0 aliphatic carbocycles. The van der Waals surface area contributed by atoms with E-state index in [-0.39, 0.29) is 0 Å². The molecule has 88 valence electrons. The summed E-state index contributed by atoms with van der Waals surface area (Å²) in [5.41, 5.74) is 9.03. The maximum Gasteiger partial charge on any atom is 0.122 e. The molecule has 0 fully saturated rings. The number of hydrogen-bond acceptors (Lipinski definition) is 2. The van der Waals surface area contributed by atoms with Crippen LogP contribution in [0.15, 0.2) is 48.5 Å². The van der Waals surface area contributed by atoms with Crippen molar-refractivity contribution in [1.82, 2.24) is 0 Å². The molecule has 2 aromatic rings. The highest BCUT2D eigenvalue weighted by atomic mass is 16.5. The zero-order valence-electron chi connectivity index (χ0n) is 10.0. The molecular formula is C15H17NO. The number of hydrogen-bond donors (Lipinski definition) is 1. The highest BCUT2D eigenvalue weighted by Gasteiger charge is 2.01. The Morgan fingerprint density at radius 3 is 2.41 bits per heavy atom. The first-order valence-electron chi connectivity index (χ1n) is 5.76. The third-order valence-electron chi connectivity index (χ3n) is 2.71. The van der Waals surface area contributed by atoms with E-state index in [1.54, 1.807) is 0 Å². The van der Waals surface area contributed by atoms with Crippen molar-refractivity contribution in [2.24, 2.45) is 5.73 Å². The van der Waals surface area contributed by atoms with Gasteiger partial charge in [0.05, 0.1) is 0 Å². The fourth-order valence-electron chi connectivity index (χ4n) is 1.74. The summed E-state index contributed by atoms with van der Waals surface area (Å²) in [4.78, 5) is 0. The van der Waals surface area contributed by atoms with E-state index >= 15 is 0 Å². The molecule has 0 saturated heterocycles. The lowest BCUT2D eigenvalue weighted by Gasteiger charge is -2.10. The molecule has 2 N–H and O–H groups in total. The first-order valence-corrected chi connectivity index (χ1v) is 5.76. The smallest absolute Gasteiger partial charge is 0.122 e. The molecule has 0 aliphatic heterocycles. The second-order valence-electron chi connectivity index (χ2n) is 4.08. The molecule has 0 unspecified atom stereocenters. The molecule has 0 heterocycles. The quantitative estimate of drug-likeness (QED) is 0.871. The summed E-state index contributed by atoms with van der Waals surface area (Å²) >= 11 is 0. The van der Waals surface area contributed by atoms with Gasteiger partial charge in [0.1, 0.15) is 12.4 Å². The first kappa shape index (κ1) is 11.7. The van der Waals surface area contributed by atoms with Gasteiger partial charge in [0, 0.05) is 6.54 Å². The molecule has 0 amide bonds. The van der Waals surface area contributed by atoms with Gasteiger partial charge in [-0.25, -0.2) is 0 Å². The Bertz CT molecular complexity index is 480. The van der Waals surface area contributed by atoms with Crippen LogP contribution in [0.25, 0.3) is 0 Å². The van der Waals surface area contributed by atoms with Crippen molar-refractivity contribution < 1.29 is 4.74 Å². The van der Waals surface area contributed by atoms with Crippen molar-refractivity contribution in [3.8, 4) is 5.75 Å². The molecule has 2 rings (SSSR count). The Kier molecular flexibility index (Phi) is 3.78. The van der Waals surface area contributed by atoms with E-state index in [2.05, 4.69) is 18.2 Å². The van der Waals surface area contributed by atoms with E-state index in [1.165, 1.54) is 5.56 Å². The van der Waals surface area contributed by atoms with Crippen molar-refractivity contribution >= 4 is 0 Å². The molecule has 0 aromatic heterocycles. The van der Waals surface area contributed by atoms with Crippen LogP contribution in [-0.2, 0) is 13.2 Å². The predicted octanol–water partition coefficient (Wildman–Crippen LogP) is 3.03. The van der Waals surface area contributed by atoms with Gasteiger partial charge >= 0.3 is 0 Å². The van der Waals surface area contributed by atoms with Gasteiger partial charge in [0.15, 0.2) is 0 Å². The van der Waals surface area contributed by atoms with Crippen LogP contribution in [-0.4, -0.2) is 0 Å². The number of aryl methyl sites for hydroxylation is 1. The van der Waals surface area contributed by atoms with Gasteiger partial charge in [0.25, 0.3) is 0 Å². The summed E-state index contributed by atoms with van der Waals surface area (Å²) in [7, 11) is 0. The third kappa shape index (κ3) is 3.08. The van der Waals surface area contributed by atoms with Crippen molar-refractivity contribution in [3.63, 3.8) is 0 Å². The minimum absolute atomic E-state index is 0.569. The Balaban J connectivity index is 2.04. The molecule has 0 atom stereocenters. The monoisotopic (exact) mass is 227 g/mol. The standard InChI is InChI=1S/C15H17NO/c1-12-9-14(10-16)7-8-15(12)17-11-13-5-3-2-4-6-13/h2-9H,10-11,16H2,1H3. The molecule has 0 aliphatic rings. The minimum atomic E-state index is 0.569. The summed E-state index contributed by atoms with van der Waals surface area (Å²) in [6, 6.07) is 16.2. The number of nitrogens with two attached hydrogens (primary N) is 1. The van der Waals surface area contributed by atoms with Crippen LogP contribution >= 0.6 is 0 Å². The largest absolute Gasteiger partial charge is 0.489 e. The lowest BCUT2D eigenvalue weighted by atomic mass is 10.1. The third-order valence-corrected chi connectivity index (χ3v) is 2.71. The lowest BCUT2D eigenvalue weighted by Crippen LogP contribution is -2.00. The van der Waals surface area contributed by atoms with Crippen molar-refractivity contribution in [1.29, 1.82) is 0 Å². The molecule has 2 nitrogen and oxygen atoms in total. The van der Waals surface area contributed by atoms with Crippen LogP contribution in [0.5, 0.6) is 5.75 Å². The Morgan fingerprint density at radius 1 is 1.00 bits per heavy atom. The molecular weight excluding hydrogens is 210 g/mol. The van der Waals surface area contributed by atoms with E-state index in [1.807, 2.05) is 37.3 Å². The van der Waals surface area contributed by atoms with Crippen LogP contribution in [0.1, 0.15) is 16.7 Å². The summed E-state index contributed by atoms with van der Waals surface area (Å²) < 4.78 is 5.78. The molecule has 0 radical (unpaired) electrons. The molecule has 0 saturated carbocycles. The molecule has 0 bridgehead atoms. The SMILES string of the molecule is Cc1cc(CN)ccc1OCc1ccccc1. The van der Waals surface area contributed by atoms with Crippen molar-refractivity contribution in [3.05, 3.63) is 65.2 Å². The Hall–Kier alpha value is -1.80. The second kappa shape index (κ2) is 5.51. The van der Waals surface area contributed by atoms with Crippen LogP contribution in [0, 0.1) is 6.92 Å². The van der Waals surface area contributed by atoms with Crippen LogP contribution in [0.2, 0.25) is 0 Å². The normalized spacial score (nSPS) is 10.2. The van der Waals surface area contributed by atoms with Crippen LogP contribution in [0.3, 0.4) is 0 Å². The Labute approximate surface area is 102 Å². The molecule has 17 heavy (non-hydrogen) atoms. The predicted molar refractivity (Wildman–Crippen MR) is 69.8 cm³/mol. The number of benzene rings is 2. The summed E-state index contributed by atoms with van der Waals surface area (Å²) in [5, 5.41) is 0. The zero-order valence-corrected chi connectivity index (χ0v) is 10.0. The fraction of sp³-hybridized carbons (Fsp3) is 0.200. The summed E-state index contributed by atoms with van der Waals surface area (Å²) in [6.45, 7) is 3.21. The van der Waals surface area contributed by atoms with E-state index in [4.69, 9.17) is 10.5 Å². The van der Waals surface area contributed by atoms with Crippen molar-refractivity contribution in [2.45, 2.75) is 20.1 Å². The Morgan fingerprint density at radius 2 is 1.76 bits per heavy atom. The molecule has 2 heteroatoms. The first-order chi connectivity index (χ1) is 8.29. The molecule has 2 aromatic carbocycles. The zero-order chi connectivity index (χ0) is 12.1. The van der Waals surface area contributed by atoms with Crippen LogP contribution in [0.4, 0.5) is 0 Å². The van der Waals surface area contributed by atoms with E-state index < -0.39 is 0 Å². The van der Waals surface area contributed by atoms with E-state index in [0.717, 1.165) is 16.9 Å². The summed E-state index contributed by atoms with van der Waals surface area (Å²) in [6.07, 6.45) is 0. The van der Waals surface area contributed by atoms with E-state index in [9.17, 15) is 0 Å². The highest BCUT2D eigenvalue weighted by molar-refractivity contribution is 5.36. The van der Waals surface area contributed by atoms with Crippen molar-refractivity contribution in [2.75, 3.05) is 0 Å². The topological polar surface area (TPSA) is 35.2 Å². The second-order valence-corrected chi connectivity index (χ2v) is 4.08. The van der Waals surface area contributed by atoms with E-state index in [0.29, 0.717) is 13.2 Å². The van der Waals surface area contributed by atoms with Gasteiger partial charge in [-0.3, -0.25) is 0 Å². The summed E-state index contributed by atoms with van der Waals surface area (Å²) in [5.74, 6) is 0.922. The van der Waals surface area contributed by atoms with Gasteiger partial charge in [-0.1, -0.05) is 42.5 Å². The average Bonchev–Trinajstić information content (AvgIpc) is 2.38. The van der Waals surface area contributed by atoms with Gasteiger partial charge in [-0.2, -0.15) is 0 Å². The van der Waals surface area contributed by atoms with Gasteiger partial charge < -0.3 is 10.5 Å².